The number of hydrogen-bond acceptors (Lipinski definition) is 3. The van der Waals surface area contributed by atoms with Crippen molar-refractivity contribution in [3.05, 3.63) is 39.9 Å². The Morgan fingerprint density at radius 3 is 2.58 bits per heavy atom. The standard InChI is InChI=1S/C20H24Cl2O4/c21-16-10-8-13(11-17(16)22)7-9-15-14(18(23)12-19(15)24)5-3-1-2-4-6-20(25)26/h7-11,14-15,19,24H,1-6,12H2,(H,25,26)/t14-,15-,19+/m0/s1. The molecule has 0 spiro atoms. The van der Waals surface area contributed by atoms with Crippen molar-refractivity contribution in [3.63, 3.8) is 0 Å². The maximum atomic E-state index is 12.2. The molecule has 1 aliphatic rings. The zero-order chi connectivity index (χ0) is 19.1. The van der Waals surface area contributed by atoms with Crippen LogP contribution in [-0.4, -0.2) is 28.1 Å². The number of unbranched alkanes of at least 4 members (excludes halogenated alkanes) is 3. The van der Waals surface area contributed by atoms with E-state index in [2.05, 4.69) is 0 Å². The van der Waals surface area contributed by atoms with Gasteiger partial charge in [0, 0.05) is 24.7 Å². The van der Waals surface area contributed by atoms with Gasteiger partial charge in [-0.15, -0.1) is 0 Å². The van der Waals surface area contributed by atoms with E-state index in [0.717, 1.165) is 31.2 Å². The van der Waals surface area contributed by atoms with Crippen LogP contribution in [0.3, 0.4) is 0 Å². The van der Waals surface area contributed by atoms with Gasteiger partial charge in [-0.1, -0.05) is 60.7 Å². The van der Waals surface area contributed by atoms with E-state index < -0.39 is 12.1 Å². The van der Waals surface area contributed by atoms with Crippen LogP contribution in [-0.2, 0) is 9.59 Å². The summed E-state index contributed by atoms with van der Waals surface area (Å²) in [5.74, 6) is -1.04. The van der Waals surface area contributed by atoms with Crippen LogP contribution in [0.25, 0.3) is 6.08 Å². The number of hydrogen-bond donors (Lipinski definition) is 2. The predicted molar refractivity (Wildman–Crippen MR) is 103 cm³/mol. The molecule has 0 bridgehead atoms. The highest BCUT2D eigenvalue weighted by Gasteiger charge is 2.39. The van der Waals surface area contributed by atoms with Gasteiger partial charge >= 0.3 is 5.97 Å². The topological polar surface area (TPSA) is 74.6 Å². The molecule has 0 amide bonds. The summed E-state index contributed by atoms with van der Waals surface area (Å²) in [6.45, 7) is 0. The average molecular weight is 399 g/mol. The summed E-state index contributed by atoms with van der Waals surface area (Å²) < 4.78 is 0. The summed E-state index contributed by atoms with van der Waals surface area (Å²) >= 11 is 11.9. The molecule has 2 rings (SSSR count). The summed E-state index contributed by atoms with van der Waals surface area (Å²) in [6.07, 6.45) is 7.49. The molecule has 0 aromatic heterocycles. The van der Waals surface area contributed by atoms with Gasteiger partial charge < -0.3 is 10.2 Å². The molecular formula is C20H24Cl2O4. The molecule has 3 atom stereocenters. The minimum atomic E-state index is -0.772. The number of carboxylic acids is 1. The van der Waals surface area contributed by atoms with Crippen molar-refractivity contribution in [1.29, 1.82) is 0 Å². The SMILES string of the molecule is O=C(O)CCCCCC[C@@H]1C(=O)C[C@@H](O)[C@H]1C=Cc1ccc(Cl)c(Cl)c1. The van der Waals surface area contributed by atoms with Gasteiger partial charge in [-0.05, 0) is 30.5 Å². The normalized spacial score (nSPS) is 23.0. The number of aliphatic carboxylic acids is 1. The van der Waals surface area contributed by atoms with Crippen molar-refractivity contribution in [1.82, 2.24) is 0 Å². The first-order valence-corrected chi connectivity index (χ1v) is 9.70. The van der Waals surface area contributed by atoms with E-state index in [1.807, 2.05) is 18.2 Å². The van der Waals surface area contributed by atoms with Crippen LogP contribution in [0, 0.1) is 11.8 Å². The summed E-state index contributed by atoms with van der Waals surface area (Å²) in [5, 5.41) is 19.8. The second-order valence-corrected chi connectivity index (χ2v) is 7.62. The van der Waals surface area contributed by atoms with Gasteiger partial charge in [0.2, 0.25) is 0 Å². The number of Topliss-reactive ketones (excluding diaryl/α,β-unsaturated/α-hetero) is 1. The van der Waals surface area contributed by atoms with E-state index >= 15 is 0 Å². The number of carbonyl (C=O) groups is 2. The first-order chi connectivity index (χ1) is 12.4. The van der Waals surface area contributed by atoms with Gasteiger partial charge in [-0.25, -0.2) is 0 Å². The second-order valence-electron chi connectivity index (χ2n) is 6.80. The van der Waals surface area contributed by atoms with E-state index in [9.17, 15) is 14.7 Å². The minimum absolute atomic E-state index is 0.104. The fourth-order valence-corrected chi connectivity index (χ4v) is 3.73. The third-order valence-corrected chi connectivity index (χ3v) is 5.58. The van der Waals surface area contributed by atoms with Crippen molar-refractivity contribution in [2.75, 3.05) is 0 Å². The highest BCUT2D eigenvalue weighted by atomic mass is 35.5. The minimum Gasteiger partial charge on any atom is -0.481 e. The molecule has 2 N–H and O–H groups in total. The molecule has 0 aliphatic heterocycles. The summed E-state index contributed by atoms with van der Waals surface area (Å²) in [7, 11) is 0. The first kappa shape index (κ1) is 20.9. The zero-order valence-electron chi connectivity index (χ0n) is 14.5. The van der Waals surface area contributed by atoms with Gasteiger partial charge in [0.25, 0.3) is 0 Å². The van der Waals surface area contributed by atoms with Crippen molar-refractivity contribution in [2.45, 2.75) is 51.0 Å². The summed E-state index contributed by atoms with van der Waals surface area (Å²) in [6, 6.07) is 5.31. The Labute approximate surface area is 163 Å². The van der Waals surface area contributed by atoms with E-state index in [0.29, 0.717) is 16.5 Å². The maximum absolute atomic E-state index is 12.2. The van der Waals surface area contributed by atoms with E-state index in [1.165, 1.54) is 0 Å². The van der Waals surface area contributed by atoms with Crippen LogP contribution in [0.1, 0.15) is 50.5 Å². The maximum Gasteiger partial charge on any atom is 0.303 e. The van der Waals surface area contributed by atoms with E-state index in [4.69, 9.17) is 28.3 Å². The fourth-order valence-electron chi connectivity index (χ4n) is 3.42. The summed E-state index contributed by atoms with van der Waals surface area (Å²) in [5.41, 5.74) is 0.873. The Morgan fingerprint density at radius 2 is 1.88 bits per heavy atom. The molecule has 142 valence electrons. The van der Waals surface area contributed by atoms with E-state index in [1.54, 1.807) is 12.1 Å². The third-order valence-electron chi connectivity index (χ3n) is 4.84. The van der Waals surface area contributed by atoms with Crippen LogP contribution in [0.4, 0.5) is 0 Å². The lowest BCUT2D eigenvalue weighted by Crippen LogP contribution is -2.18. The van der Waals surface area contributed by atoms with Gasteiger partial charge in [0.15, 0.2) is 0 Å². The highest BCUT2D eigenvalue weighted by Crippen LogP contribution is 2.35. The molecule has 1 fully saturated rings. The molecule has 6 heteroatoms. The summed E-state index contributed by atoms with van der Waals surface area (Å²) in [4.78, 5) is 22.7. The quantitative estimate of drug-likeness (QED) is 0.573. The fraction of sp³-hybridized carbons (Fsp3) is 0.500. The molecular weight excluding hydrogens is 375 g/mol. The van der Waals surface area contributed by atoms with Crippen molar-refractivity contribution < 1.29 is 19.8 Å². The van der Waals surface area contributed by atoms with Crippen molar-refractivity contribution >= 4 is 41.0 Å². The molecule has 1 saturated carbocycles. The zero-order valence-corrected chi connectivity index (χ0v) is 16.0. The molecule has 26 heavy (non-hydrogen) atoms. The number of carboxylic acid groups (broad SMARTS) is 1. The Balaban J connectivity index is 1.90. The molecule has 0 heterocycles. The lowest BCUT2D eigenvalue weighted by atomic mass is 9.88. The number of benzene rings is 1. The Morgan fingerprint density at radius 1 is 1.15 bits per heavy atom. The monoisotopic (exact) mass is 398 g/mol. The van der Waals surface area contributed by atoms with Crippen LogP contribution in [0.2, 0.25) is 10.0 Å². The largest absolute Gasteiger partial charge is 0.481 e. The number of ketones is 1. The molecule has 0 saturated heterocycles. The lowest BCUT2D eigenvalue weighted by molar-refractivity contribution is -0.137. The Bertz CT molecular complexity index is 672. The van der Waals surface area contributed by atoms with Crippen LogP contribution in [0.5, 0.6) is 0 Å². The highest BCUT2D eigenvalue weighted by molar-refractivity contribution is 6.42. The Hall–Kier alpha value is -1.36. The van der Waals surface area contributed by atoms with Crippen LogP contribution >= 0.6 is 23.2 Å². The molecule has 0 radical (unpaired) electrons. The number of aliphatic hydroxyl groups excluding tert-OH is 1. The van der Waals surface area contributed by atoms with Crippen LogP contribution < -0.4 is 0 Å². The van der Waals surface area contributed by atoms with E-state index in [-0.39, 0.29) is 30.5 Å². The van der Waals surface area contributed by atoms with Gasteiger partial charge in [-0.3, -0.25) is 9.59 Å². The van der Waals surface area contributed by atoms with Crippen molar-refractivity contribution in [3.8, 4) is 0 Å². The number of carbonyl (C=O) groups excluding carboxylic acids is 1. The molecule has 4 nitrogen and oxygen atoms in total. The van der Waals surface area contributed by atoms with Gasteiger partial charge in [0.05, 0.1) is 16.1 Å². The third kappa shape index (κ3) is 6.11. The molecule has 1 aromatic rings. The molecule has 1 aliphatic carbocycles. The van der Waals surface area contributed by atoms with Crippen LogP contribution in [0.15, 0.2) is 24.3 Å². The average Bonchev–Trinajstić information content (AvgIpc) is 2.85. The Kier molecular flexibility index (Phi) is 8.14. The predicted octanol–water partition coefficient (Wildman–Crippen LogP) is 5.00. The number of halogens is 2. The lowest BCUT2D eigenvalue weighted by Gasteiger charge is -2.17. The second kappa shape index (κ2) is 10.1. The number of aliphatic hydroxyl groups is 1. The molecule has 0 unspecified atom stereocenters. The van der Waals surface area contributed by atoms with Gasteiger partial charge in [0.1, 0.15) is 5.78 Å². The first-order valence-electron chi connectivity index (χ1n) is 8.94. The molecule has 1 aromatic carbocycles. The number of rotatable bonds is 9. The van der Waals surface area contributed by atoms with Crippen molar-refractivity contribution in [2.24, 2.45) is 11.8 Å². The smallest absolute Gasteiger partial charge is 0.303 e. The van der Waals surface area contributed by atoms with Gasteiger partial charge in [-0.2, -0.15) is 0 Å².